The molecule has 2 nitrogen and oxygen atoms in total. The Morgan fingerprint density at radius 2 is 1.85 bits per heavy atom. The molecule has 0 aliphatic carbocycles. The van der Waals surface area contributed by atoms with E-state index in [-0.39, 0.29) is 17.3 Å². The van der Waals surface area contributed by atoms with Crippen LogP contribution in [0.25, 0.3) is 0 Å². The molecule has 0 aliphatic heterocycles. The van der Waals surface area contributed by atoms with Crippen molar-refractivity contribution >= 4 is 0 Å². The quantitative estimate of drug-likeness (QED) is 0.619. The number of hydrogen-bond acceptors (Lipinski definition) is 2. The van der Waals surface area contributed by atoms with Crippen LogP contribution in [0.15, 0.2) is 12.1 Å². The van der Waals surface area contributed by atoms with E-state index in [2.05, 4.69) is 33.1 Å². The monoisotopic (exact) mass is 280 g/mol. The van der Waals surface area contributed by atoms with Gasteiger partial charge in [0.15, 0.2) is 0 Å². The van der Waals surface area contributed by atoms with E-state index in [9.17, 15) is 4.39 Å². The predicted octanol–water partition coefficient (Wildman–Crippen LogP) is 4.41. The van der Waals surface area contributed by atoms with Crippen LogP contribution in [0.5, 0.6) is 0 Å². The van der Waals surface area contributed by atoms with Crippen LogP contribution in [0.1, 0.15) is 63.3 Å². The van der Waals surface area contributed by atoms with E-state index in [0.29, 0.717) is 11.5 Å². The molecule has 114 valence electrons. The molecule has 0 amide bonds. The van der Waals surface area contributed by atoms with E-state index in [1.807, 2.05) is 19.9 Å². The van der Waals surface area contributed by atoms with Crippen LogP contribution in [0.3, 0.4) is 0 Å². The van der Waals surface area contributed by atoms with Gasteiger partial charge in [-0.05, 0) is 55.2 Å². The Bertz CT molecular complexity index is 426. The van der Waals surface area contributed by atoms with Crippen LogP contribution in [0.4, 0.5) is 4.39 Å². The second kappa shape index (κ2) is 6.68. The average molecular weight is 280 g/mol. The fourth-order valence-corrected chi connectivity index (χ4v) is 3.17. The Morgan fingerprint density at radius 3 is 2.30 bits per heavy atom. The van der Waals surface area contributed by atoms with Gasteiger partial charge in [-0.1, -0.05) is 33.8 Å². The lowest BCUT2D eigenvalue weighted by atomic mass is 9.81. The molecule has 2 atom stereocenters. The van der Waals surface area contributed by atoms with E-state index in [0.717, 1.165) is 24.0 Å². The van der Waals surface area contributed by atoms with Crippen LogP contribution in [-0.2, 0) is 0 Å². The molecule has 20 heavy (non-hydrogen) atoms. The number of nitrogens with one attached hydrogen (secondary N) is 1. The first-order valence-corrected chi connectivity index (χ1v) is 7.37. The van der Waals surface area contributed by atoms with Gasteiger partial charge in [-0.25, -0.2) is 4.39 Å². The molecule has 0 radical (unpaired) electrons. The van der Waals surface area contributed by atoms with Gasteiger partial charge in [0.2, 0.25) is 0 Å². The summed E-state index contributed by atoms with van der Waals surface area (Å²) in [5.41, 5.74) is 5.69. The maximum Gasteiger partial charge on any atom is 0.128 e. The summed E-state index contributed by atoms with van der Waals surface area (Å²) in [5, 5.41) is 0. The number of benzene rings is 1. The molecule has 1 rings (SSSR count). The lowest BCUT2D eigenvalue weighted by Crippen LogP contribution is -2.31. The van der Waals surface area contributed by atoms with E-state index in [1.165, 1.54) is 0 Å². The Hall–Kier alpha value is -0.930. The Kier molecular flexibility index (Phi) is 5.72. The Morgan fingerprint density at radius 1 is 1.25 bits per heavy atom. The van der Waals surface area contributed by atoms with Gasteiger partial charge in [-0.2, -0.15) is 0 Å². The smallest absolute Gasteiger partial charge is 0.128 e. The predicted molar refractivity (Wildman–Crippen MR) is 83.8 cm³/mol. The van der Waals surface area contributed by atoms with Gasteiger partial charge < -0.3 is 0 Å². The molecule has 0 aliphatic rings. The van der Waals surface area contributed by atoms with Crippen molar-refractivity contribution in [3.05, 3.63) is 34.6 Å². The standard InChI is InChI=1S/C17H29FN2/c1-11-7-13(3)16(14(18)8-11)15(20-19)9-12(2)10-17(4,5)6/h7-8,12,15,20H,9-10,19H2,1-6H3. The summed E-state index contributed by atoms with van der Waals surface area (Å²) in [4.78, 5) is 0. The third kappa shape index (κ3) is 4.88. The zero-order valence-corrected chi connectivity index (χ0v) is 13.7. The molecule has 3 N–H and O–H groups in total. The highest BCUT2D eigenvalue weighted by atomic mass is 19.1. The minimum atomic E-state index is -0.159. The molecule has 0 bridgehead atoms. The van der Waals surface area contributed by atoms with E-state index in [1.54, 1.807) is 6.07 Å². The lowest BCUT2D eigenvalue weighted by molar-refractivity contribution is 0.274. The van der Waals surface area contributed by atoms with E-state index in [4.69, 9.17) is 5.84 Å². The summed E-state index contributed by atoms with van der Waals surface area (Å²) >= 11 is 0. The Labute approximate surface area is 122 Å². The van der Waals surface area contributed by atoms with Crippen LogP contribution in [0.2, 0.25) is 0 Å². The first-order valence-electron chi connectivity index (χ1n) is 7.37. The number of hydrogen-bond donors (Lipinski definition) is 2. The van der Waals surface area contributed by atoms with Gasteiger partial charge in [0.05, 0.1) is 0 Å². The first kappa shape index (κ1) is 17.1. The summed E-state index contributed by atoms with van der Waals surface area (Å²) < 4.78 is 14.2. The zero-order valence-electron chi connectivity index (χ0n) is 13.7. The molecule has 0 saturated heterocycles. The summed E-state index contributed by atoms with van der Waals surface area (Å²) in [6, 6.07) is 3.46. The molecule has 0 fully saturated rings. The normalized spacial score (nSPS) is 15.2. The molecule has 0 saturated carbocycles. The maximum atomic E-state index is 14.2. The van der Waals surface area contributed by atoms with Gasteiger partial charge >= 0.3 is 0 Å². The number of hydrazine groups is 1. The van der Waals surface area contributed by atoms with E-state index >= 15 is 0 Å². The fraction of sp³-hybridized carbons (Fsp3) is 0.647. The van der Waals surface area contributed by atoms with Gasteiger partial charge in [-0.3, -0.25) is 11.3 Å². The SMILES string of the molecule is Cc1cc(C)c(C(CC(C)CC(C)(C)C)NN)c(F)c1. The highest BCUT2D eigenvalue weighted by Crippen LogP contribution is 2.32. The molecule has 0 heterocycles. The van der Waals surface area contributed by atoms with Crippen molar-refractivity contribution in [2.75, 3.05) is 0 Å². The summed E-state index contributed by atoms with van der Waals surface area (Å²) in [6.45, 7) is 12.7. The second-order valence-electron chi connectivity index (χ2n) is 7.30. The zero-order chi connectivity index (χ0) is 15.5. The van der Waals surface area contributed by atoms with Crippen LogP contribution < -0.4 is 11.3 Å². The lowest BCUT2D eigenvalue weighted by Gasteiger charge is -2.27. The van der Waals surface area contributed by atoms with E-state index < -0.39 is 0 Å². The third-order valence-electron chi connectivity index (χ3n) is 3.63. The van der Waals surface area contributed by atoms with Crippen molar-refractivity contribution in [3.63, 3.8) is 0 Å². The average Bonchev–Trinajstić information content (AvgIpc) is 2.23. The first-order chi connectivity index (χ1) is 9.14. The van der Waals surface area contributed by atoms with Gasteiger partial charge in [0.1, 0.15) is 5.82 Å². The minimum Gasteiger partial charge on any atom is -0.271 e. The van der Waals surface area contributed by atoms with Crippen LogP contribution in [0, 0.1) is 31.0 Å². The molecule has 2 unspecified atom stereocenters. The van der Waals surface area contributed by atoms with Gasteiger partial charge in [0.25, 0.3) is 0 Å². The molecule has 0 spiro atoms. The maximum absolute atomic E-state index is 14.2. The summed E-state index contributed by atoms with van der Waals surface area (Å²) in [5.74, 6) is 6.00. The molecule has 1 aromatic carbocycles. The largest absolute Gasteiger partial charge is 0.271 e. The van der Waals surface area contributed by atoms with Crippen LogP contribution in [-0.4, -0.2) is 0 Å². The topological polar surface area (TPSA) is 38.0 Å². The number of halogens is 1. The Balaban J connectivity index is 2.92. The van der Waals surface area contributed by atoms with Crippen molar-refractivity contribution in [2.24, 2.45) is 17.2 Å². The highest BCUT2D eigenvalue weighted by Gasteiger charge is 2.22. The number of nitrogens with two attached hydrogens (primary N) is 1. The van der Waals surface area contributed by atoms with Crippen molar-refractivity contribution in [2.45, 2.75) is 60.4 Å². The molecular formula is C17H29FN2. The van der Waals surface area contributed by atoms with Crippen molar-refractivity contribution in [1.29, 1.82) is 0 Å². The van der Waals surface area contributed by atoms with Crippen molar-refractivity contribution in [1.82, 2.24) is 5.43 Å². The summed E-state index contributed by atoms with van der Waals surface area (Å²) in [7, 11) is 0. The summed E-state index contributed by atoms with van der Waals surface area (Å²) in [6.07, 6.45) is 1.94. The molecule has 0 aromatic heterocycles. The fourth-order valence-electron chi connectivity index (χ4n) is 3.17. The molecular weight excluding hydrogens is 251 g/mol. The molecule has 3 heteroatoms. The third-order valence-corrected chi connectivity index (χ3v) is 3.63. The molecule has 1 aromatic rings. The van der Waals surface area contributed by atoms with Gasteiger partial charge in [0, 0.05) is 11.6 Å². The minimum absolute atomic E-state index is 0.132. The highest BCUT2D eigenvalue weighted by molar-refractivity contribution is 5.34. The van der Waals surface area contributed by atoms with Crippen molar-refractivity contribution in [3.8, 4) is 0 Å². The number of rotatable bonds is 5. The number of aryl methyl sites for hydroxylation is 2. The second-order valence-corrected chi connectivity index (χ2v) is 7.30. The van der Waals surface area contributed by atoms with Crippen LogP contribution >= 0.6 is 0 Å². The van der Waals surface area contributed by atoms with Crippen molar-refractivity contribution < 1.29 is 4.39 Å². The van der Waals surface area contributed by atoms with Gasteiger partial charge in [-0.15, -0.1) is 0 Å².